The third kappa shape index (κ3) is 2.06. The smallest absolute Gasteiger partial charge is 0.0480 e. The average Bonchev–Trinajstić information content (AvgIpc) is 2.69. The molecule has 0 atom stereocenters. The van der Waals surface area contributed by atoms with E-state index >= 15 is 0 Å². The average molecular weight is 201 g/mol. The molecule has 80 valence electrons. The van der Waals surface area contributed by atoms with Crippen molar-refractivity contribution in [3.05, 3.63) is 36.5 Å². The van der Waals surface area contributed by atoms with Crippen LogP contribution in [0, 0.1) is 5.92 Å². The summed E-state index contributed by atoms with van der Waals surface area (Å²) >= 11 is 0. The van der Waals surface area contributed by atoms with Crippen molar-refractivity contribution in [2.75, 3.05) is 0 Å². The lowest BCUT2D eigenvalue weighted by Gasteiger charge is -2.14. The van der Waals surface area contributed by atoms with Gasteiger partial charge in [-0.1, -0.05) is 44.9 Å². The van der Waals surface area contributed by atoms with Crippen LogP contribution in [0.1, 0.15) is 26.7 Å². The second-order valence-electron chi connectivity index (χ2n) is 4.21. The van der Waals surface area contributed by atoms with Gasteiger partial charge in [0, 0.05) is 18.3 Å². The highest BCUT2D eigenvalue weighted by molar-refractivity contribution is 5.79. The molecule has 0 unspecified atom stereocenters. The van der Waals surface area contributed by atoms with Gasteiger partial charge in [-0.05, 0) is 23.4 Å². The fourth-order valence-corrected chi connectivity index (χ4v) is 2.12. The zero-order chi connectivity index (χ0) is 10.7. The zero-order valence-corrected chi connectivity index (χ0v) is 9.61. The van der Waals surface area contributed by atoms with Gasteiger partial charge in [0.1, 0.15) is 0 Å². The third-order valence-corrected chi connectivity index (χ3v) is 3.29. The van der Waals surface area contributed by atoms with Gasteiger partial charge in [0.2, 0.25) is 0 Å². The minimum atomic E-state index is 0.806. The minimum absolute atomic E-state index is 0.806. The summed E-state index contributed by atoms with van der Waals surface area (Å²) in [5.41, 5.74) is 1.37. The van der Waals surface area contributed by atoms with E-state index in [0.717, 1.165) is 12.5 Å². The van der Waals surface area contributed by atoms with Gasteiger partial charge in [-0.15, -0.1) is 0 Å². The zero-order valence-electron chi connectivity index (χ0n) is 9.61. The summed E-state index contributed by atoms with van der Waals surface area (Å²) in [7, 11) is 0. The molecule has 0 radical (unpaired) electrons. The molecule has 1 aromatic carbocycles. The Bertz CT molecular complexity index is 424. The van der Waals surface area contributed by atoms with Gasteiger partial charge in [0.05, 0.1) is 0 Å². The Kier molecular flexibility index (Phi) is 3.10. The summed E-state index contributed by atoms with van der Waals surface area (Å²) in [6, 6.07) is 10.8. The Morgan fingerprint density at radius 1 is 1.07 bits per heavy atom. The molecule has 0 bridgehead atoms. The third-order valence-electron chi connectivity index (χ3n) is 3.29. The molecule has 0 fully saturated rings. The van der Waals surface area contributed by atoms with Crippen molar-refractivity contribution >= 4 is 10.9 Å². The minimum Gasteiger partial charge on any atom is -0.347 e. The maximum absolute atomic E-state index is 2.38. The lowest BCUT2D eigenvalue weighted by Crippen LogP contribution is -2.07. The molecule has 0 aliphatic rings. The molecule has 0 spiro atoms. The van der Waals surface area contributed by atoms with E-state index in [1.807, 2.05) is 0 Å². The van der Waals surface area contributed by atoms with E-state index in [1.54, 1.807) is 0 Å². The normalized spacial score (nSPS) is 11.4. The summed E-state index contributed by atoms with van der Waals surface area (Å²) in [5, 5.41) is 1.35. The van der Waals surface area contributed by atoms with E-state index in [9.17, 15) is 0 Å². The lowest BCUT2D eigenvalue weighted by atomic mass is 10.0. The quantitative estimate of drug-likeness (QED) is 0.702. The number of hydrogen-bond donors (Lipinski definition) is 0. The maximum Gasteiger partial charge on any atom is 0.0480 e. The SMILES string of the molecule is CCC(CC)Cn1ccc2ccccc21. The molecular weight excluding hydrogens is 182 g/mol. The summed E-state index contributed by atoms with van der Waals surface area (Å²) in [4.78, 5) is 0. The van der Waals surface area contributed by atoms with Crippen molar-refractivity contribution in [3.8, 4) is 0 Å². The van der Waals surface area contributed by atoms with Crippen LogP contribution in [0.15, 0.2) is 36.5 Å². The maximum atomic E-state index is 2.38. The van der Waals surface area contributed by atoms with Crippen LogP contribution in [0.4, 0.5) is 0 Å². The molecule has 0 saturated carbocycles. The van der Waals surface area contributed by atoms with Crippen molar-refractivity contribution < 1.29 is 0 Å². The van der Waals surface area contributed by atoms with Gasteiger partial charge in [0.15, 0.2) is 0 Å². The summed E-state index contributed by atoms with van der Waals surface area (Å²) in [6.45, 7) is 5.71. The molecule has 1 aromatic heterocycles. The molecule has 2 aromatic rings. The van der Waals surface area contributed by atoms with Gasteiger partial charge < -0.3 is 4.57 Å². The van der Waals surface area contributed by atoms with Gasteiger partial charge in [-0.2, -0.15) is 0 Å². The van der Waals surface area contributed by atoms with Crippen LogP contribution >= 0.6 is 0 Å². The van der Waals surface area contributed by atoms with E-state index in [2.05, 4.69) is 54.9 Å². The first-order chi connectivity index (χ1) is 7.35. The molecule has 1 heteroatoms. The fraction of sp³-hybridized carbons (Fsp3) is 0.429. The molecule has 0 saturated heterocycles. The van der Waals surface area contributed by atoms with Crippen molar-refractivity contribution in [3.63, 3.8) is 0 Å². The molecule has 2 rings (SSSR count). The second-order valence-corrected chi connectivity index (χ2v) is 4.21. The molecule has 0 aliphatic carbocycles. The number of aromatic nitrogens is 1. The molecule has 0 N–H and O–H groups in total. The van der Waals surface area contributed by atoms with Crippen molar-refractivity contribution in [2.24, 2.45) is 5.92 Å². The number of rotatable bonds is 4. The van der Waals surface area contributed by atoms with Crippen LogP contribution in [0.3, 0.4) is 0 Å². The molecular formula is C14H19N. The van der Waals surface area contributed by atoms with Crippen LogP contribution in [0.25, 0.3) is 10.9 Å². The van der Waals surface area contributed by atoms with Crippen molar-refractivity contribution in [1.29, 1.82) is 0 Å². The van der Waals surface area contributed by atoms with Gasteiger partial charge >= 0.3 is 0 Å². The van der Waals surface area contributed by atoms with E-state index in [-0.39, 0.29) is 0 Å². The Labute approximate surface area is 91.7 Å². The van der Waals surface area contributed by atoms with E-state index in [4.69, 9.17) is 0 Å². The highest BCUT2D eigenvalue weighted by atomic mass is 15.0. The topological polar surface area (TPSA) is 4.93 Å². The molecule has 0 aliphatic heterocycles. The molecule has 1 heterocycles. The van der Waals surface area contributed by atoms with Crippen LogP contribution in [-0.2, 0) is 6.54 Å². The number of para-hydroxylation sites is 1. The predicted octanol–water partition coefficient (Wildman–Crippen LogP) is 4.08. The number of hydrogen-bond acceptors (Lipinski definition) is 0. The van der Waals surface area contributed by atoms with Crippen LogP contribution in [0.5, 0.6) is 0 Å². The van der Waals surface area contributed by atoms with E-state index in [1.165, 1.54) is 23.7 Å². The van der Waals surface area contributed by atoms with E-state index < -0.39 is 0 Å². The second kappa shape index (κ2) is 4.52. The van der Waals surface area contributed by atoms with Crippen LogP contribution in [0.2, 0.25) is 0 Å². The fourth-order valence-electron chi connectivity index (χ4n) is 2.12. The van der Waals surface area contributed by atoms with E-state index in [0.29, 0.717) is 0 Å². The monoisotopic (exact) mass is 201 g/mol. The number of benzene rings is 1. The Morgan fingerprint density at radius 2 is 1.80 bits per heavy atom. The van der Waals surface area contributed by atoms with Gasteiger partial charge in [0.25, 0.3) is 0 Å². The van der Waals surface area contributed by atoms with Crippen molar-refractivity contribution in [1.82, 2.24) is 4.57 Å². The first-order valence-electron chi connectivity index (χ1n) is 5.89. The first-order valence-corrected chi connectivity index (χ1v) is 5.89. The largest absolute Gasteiger partial charge is 0.347 e. The Hall–Kier alpha value is -1.24. The highest BCUT2D eigenvalue weighted by Gasteiger charge is 2.06. The molecule has 0 amide bonds. The van der Waals surface area contributed by atoms with Crippen LogP contribution < -0.4 is 0 Å². The highest BCUT2D eigenvalue weighted by Crippen LogP contribution is 2.18. The number of nitrogens with zero attached hydrogens (tertiary/aromatic N) is 1. The van der Waals surface area contributed by atoms with Crippen molar-refractivity contribution in [2.45, 2.75) is 33.2 Å². The number of fused-ring (bicyclic) bond motifs is 1. The summed E-state index contributed by atoms with van der Waals surface area (Å²) < 4.78 is 2.38. The van der Waals surface area contributed by atoms with Gasteiger partial charge in [-0.3, -0.25) is 0 Å². The summed E-state index contributed by atoms with van der Waals surface area (Å²) in [5.74, 6) is 0.806. The standard InChI is InChI=1S/C14H19N/c1-3-12(4-2)11-15-10-9-13-7-5-6-8-14(13)15/h5-10,12H,3-4,11H2,1-2H3. The van der Waals surface area contributed by atoms with Crippen LogP contribution in [-0.4, -0.2) is 4.57 Å². The predicted molar refractivity (Wildman–Crippen MR) is 66.0 cm³/mol. The Morgan fingerprint density at radius 3 is 2.53 bits per heavy atom. The summed E-state index contributed by atoms with van der Waals surface area (Å²) in [6.07, 6.45) is 4.75. The first kappa shape index (κ1) is 10.3. The molecule has 15 heavy (non-hydrogen) atoms. The molecule has 1 nitrogen and oxygen atoms in total. The Balaban J connectivity index is 2.28. The van der Waals surface area contributed by atoms with Gasteiger partial charge in [-0.25, -0.2) is 0 Å². The lowest BCUT2D eigenvalue weighted by molar-refractivity contribution is 0.425.